The molecule has 0 saturated heterocycles. The number of nitrogens with zero attached hydrogens (tertiary/aromatic N) is 1. The van der Waals surface area contributed by atoms with Crippen LogP contribution in [0.3, 0.4) is 0 Å². The first kappa shape index (κ1) is 15.3. The maximum absolute atomic E-state index is 12.3. The predicted octanol–water partition coefficient (Wildman–Crippen LogP) is 1.04. The van der Waals surface area contributed by atoms with Crippen molar-refractivity contribution < 1.29 is 9.90 Å². The molecule has 1 aromatic carbocycles. The van der Waals surface area contributed by atoms with E-state index in [1.54, 1.807) is 6.08 Å². The van der Waals surface area contributed by atoms with Crippen molar-refractivity contribution in [3.63, 3.8) is 0 Å². The van der Waals surface area contributed by atoms with Crippen LogP contribution in [0.2, 0.25) is 0 Å². The molecule has 0 bridgehead atoms. The molecule has 0 saturated carbocycles. The average molecular weight is 287 g/mol. The summed E-state index contributed by atoms with van der Waals surface area (Å²) in [6.07, 6.45) is 3.98. The fourth-order valence-electron chi connectivity index (χ4n) is 2.43. The number of benzene rings is 1. The highest BCUT2D eigenvalue weighted by Gasteiger charge is 2.21. The van der Waals surface area contributed by atoms with E-state index in [9.17, 15) is 4.79 Å². The number of aliphatic hydroxyl groups is 1. The Morgan fingerprint density at radius 3 is 2.95 bits per heavy atom. The normalized spacial score (nSPS) is 12.3. The predicted molar refractivity (Wildman–Crippen MR) is 83.8 cm³/mol. The average Bonchev–Trinajstić information content (AvgIpc) is 2.89. The van der Waals surface area contributed by atoms with Crippen molar-refractivity contribution in [3.05, 3.63) is 48.7 Å². The minimum atomic E-state index is -0.629. The summed E-state index contributed by atoms with van der Waals surface area (Å²) in [6.45, 7) is 4.20. The molecule has 5 nitrogen and oxygen atoms in total. The second-order valence-electron chi connectivity index (χ2n) is 4.97. The number of carbonyl (C=O) groups is 1. The van der Waals surface area contributed by atoms with Gasteiger partial charge in [0.05, 0.1) is 12.6 Å². The Labute approximate surface area is 124 Å². The highest BCUT2D eigenvalue weighted by atomic mass is 16.3. The maximum Gasteiger partial charge on any atom is 0.240 e. The Balaban J connectivity index is 2.11. The fraction of sp³-hybridized carbons (Fsp3) is 0.312. The van der Waals surface area contributed by atoms with Gasteiger partial charge in [0.1, 0.15) is 0 Å². The largest absolute Gasteiger partial charge is 0.395 e. The standard InChI is InChI=1S/C16H21N3O2/c1-2-7-19(8-9-20)16(21)14(17)10-12-11-18-15-6-4-3-5-13(12)15/h2-6,11,14,18,20H,1,7-10,17H2. The van der Waals surface area contributed by atoms with Crippen LogP contribution in [-0.2, 0) is 11.2 Å². The third-order valence-corrected chi connectivity index (χ3v) is 3.46. The van der Waals surface area contributed by atoms with Gasteiger partial charge < -0.3 is 20.7 Å². The molecule has 1 atom stereocenters. The molecule has 1 amide bonds. The van der Waals surface area contributed by atoms with Gasteiger partial charge in [-0.2, -0.15) is 0 Å². The van der Waals surface area contributed by atoms with Crippen molar-refractivity contribution in [2.24, 2.45) is 5.73 Å². The molecule has 4 N–H and O–H groups in total. The summed E-state index contributed by atoms with van der Waals surface area (Å²) < 4.78 is 0. The maximum atomic E-state index is 12.3. The zero-order chi connectivity index (χ0) is 15.2. The summed E-state index contributed by atoms with van der Waals surface area (Å²) in [5, 5.41) is 10.1. The van der Waals surface area contributed by atoms with Gasteiger partial charge in [-0.1, -0.05) is 24.3 Å². The number of hydrogen-bond acceptors (Lipinski definition) is 3. The molecule has 21 heavy (non-hydrogen) atoms. The number of aromatic nitrogens is 1. The van der Waals surface area contributed by atoms with Gasteiger partial charge in [0.25, 0.3) is 0 Å². The molecular formula is C16H21N3O2. The van der Waals surface area contributed by atoms with Crippen molar-refractivity contribution in [2.45, 2.75) is 12.5 Å². The van der Waals surface area contributed by atoms with E-state index in [0.29, 0.717) is 13.0 Å². The number of nitrogens with one attached hydrogen (secondary N) is 1. The Bertz CT molecular complexity index is 621. The molecule has 1 unspecified atom stereocenters. The lowest BCUT2D eigenvalue weighted by atomic mass is 10.0. The van der Waals surface area contributed by atoms with Gasteiger partial charge in [0.2, 0.25) is 5.91 Å². The Morgan fingerprint density at radius 2 is 2.24 bits per heavy atom. The number of carbonyl (C=O) groups excluding carboxylic acids is 1. The van der Waals surface area contributed by atoms with Gasteiger partial charge in [-0.15, -0.1) is 6.58 Å². The number of aromatic amines is 1. The molecule has 5 heteroatoms. The summed E-state index contributed by atoms with van der Waals surface area (Å²) in [4.78, 5) is 17.0. The first-order chi connectivity index (χ1) is 10.2. The Kier molecular flexibility index (Phi) is 5.14. The summed E-state index contributed by atoms with van der Waals surface area (Å²) in [5.74, 6) is -0.172. The lowest BCUT2D eigenvalue weighted by Crippen LogP contribution is -2.46. The summed E-state index contributed by atoms with van der Waals surface area (Å²) in [7, 11) is 0. The van der Waals surface area contributed by atoms with Crippen molar-refractivity contribution in [1.29, 1.82) is 0 Å². The number of H-pyrrole nitrogens is 1. The van der Waals surface area contributed by atoms with E-state index in [2.05, 4.69) is 11.6 Å². The van der Waals surface area contributed by atoms with Gasteiger partial charge in [-0.3, -0.25) is 4.79 Å². The first-order valence-corrected chi connectivity index (χ1v) is 6.98. The van der Waals surface area contributed by atoms with E-state index in [1.165, 1.54) is 4.90 Å². The minimum absolute atomic E-state index is 0.0839. The number of para-hydroxylation sites is 1. The van der Waals surface area contributed by atoms with Crippen LogP contribution in [0.4, 0.5) is 0 Å². The molecule has 0 aliphatic heterocycles. The number of fused-ring (bicyclic) bond motifs is 1. The molecule has 0 fully saturated rings. The zero-order valence-corrected chi connectivity index (χ0v) is 12.0. The third kappa shape index (κ3) is 3.51. The lowest BCUT2D eigenvalue weighted by molar-refractivity contribution is -0.132. The molecule has 0 aliphatic carbocycles. The summed E-state index contributed by atoms with van der Waals surface area (Å²) in [6, 6.07) is 7.29. The van der Waals surface area contributed by atoms with Crippen LogP contribution in [-0.4, -0.2) is 46.6 Å². The van der Waals surface area contributed by atoms with Crippen molar-refractivity contribution in [2.75, 3.05) is 19.7 Å². The third-order valence-electron chi connectivity index (χ3n) is 3.46. The number of amides is 1. The van der Waals surface area contributed by atoms with Crippen LogP contribution in [0.5, 0.6) is 0 Å². The molecular weight excluding hydrogens is 266 g/mol. The quantitative estimate of drug-likeness (QED) is 0.666. The topological polar surface area (TPSA) is 82.3 Å². The van der Waals surface area contributed by atoms with E-state index in [1.807, 2.05) is 30.5 Å². The SMILES string of the molecule is C=CCN(CCO)C(=O)C(N)Cc1c[nH]c2ccccc12. The van der Waals surface area contributed by atoms with Gasteiger partial charge in [0, 0.05) is 30.2 Å². The van der Waals surface area contributed by atoms with Crippen molar-refractivity contribution in [1.82, 2.24) is 9.88 Å². The van der Waals surface area contributed by atoms with Crippen LogP contribution < -0.4 is 5.73 Å². The van der Waals surface area contributed by atoms with Crippen LogP contribution in [0.1, 0.15) is 5.56 Å². The van der Waals surface area contributed by atoms with Gasteiger partial charge >= 0.3 is 0 Å². The van der Waals surface area contributed by atoms with E-state index in [-0.39, 0.29) is 19.1 Å². The summed E-state index contributed by atoms with van der Waals surface area (Å²) >= 11 is 0. The molecule has 2 rings (SSSR count). The van der Waals surface area contributed by atoms with Crippen LogP contribution in [0.25, 0.3) is 10.9 Å². The van der Waals surface area contributed by atoms with Gasteiger partial charge in [-0.25, -0.2) is 0 Å². The monoisotopic (exact) mass is 287 g/mol. The molecule has 0 aliphatic rings. The van der Waals surface area contributed by atoms with E-state index < -0.39 is 6.04 Å². The first-order valence-electron chi connectivity index (χ1n) is 6.98. The van der Waals surface area contributed by atoms with Crippen molar-refractivity contribution in [3.8, 4) is 0 Å². The highest BCUT2D eigenvalue weighted by Crippen LogP contribution is 2.19. The Hall–Kier alpha value is -2.11. The molecule has 1 aromatic heterocycles. The smallest absolute Gasteiger partial charge is 0.240 e. The molecule has 1 heterocycles. The summed E-state index contributed by atoms with van der Waals surface area (Å²) in [5.41, 5.74) is 8.09. The number of rotatable bonds is 7. The Morgan fingerprint density at radius 1 is 1.48 bits per heavy atom. The van der Waals surface area contributed by atoms with Crippen LogP contribution in [0, 0.1) is 0 Å². The second-order valence-corrected chi connectivity index (χ2v) is 4.97. The number of hydrogen-bond donors (Lipinski definition) is 3. The van der Waals surface area contributed by atoms with Crippen molar-refractivity contribution >= 4 is 16.8 Å². The molecule has 0 radical (unpaired) electrons. The van der Waals surface area contributed by atoms with E-state index in [4.69, 9.17) is 10.8 Å². The van der Waals surface area contributed by atoms with Crippen LogP contribution in [0.15, 0.2) is 43.1 Å². The molecule has 0 spiro atoms. The van der Waals surface area contributed by atoms with Gasteiger partial charge in [-0.05, 0) is 18.1 Å². The van der Waals surface area contributed by atoms with E-state index in [0.717, 1.165) is 16.5 Å². The molecule has 2 aromatic rings. The number of aliphatic hydroxyl groups excluding tert-OH is 1. The van der Waals surface area contributed by atoms with E-state index >= 15 is 0 Å². The minimum Gasteiger partial charge on any atom is -0.395 e. The zero-order valence-electron chi connectivity index (χ0n) is 12.0. The fourth-order valence-corrected chi connectivity index (χ4v) is 2.43. The highest BCUT2D eigenvalue weighted by molar-refractivity contribution is 5.86. The lowest BCUT2D eigenvalue weighted by Gasteiger charge is -2.23. The molecule has 112 valence electrons. The van der Waals surface area contributed by atoms with Gasteiger partial charge in [0.15, 0.2) is 0 Å². The van der Waals surface area contributed by atoms with Crippen LogP contribution >= 0.6 is 0 Å². The number of nitrogens with two attached hydrogens (primary N) is 1. The second kappa shape index (κ2) is 7.06.